The van der Waals surface area contributed by atoms with Gasteiger partial charge in [0.05, 0.1) is 0 Å². The molecule has 1 aliphatic rings. The van der Waals surface area contributed by atoms with Crippen LogP contribution in [0.3, 0.4) is 0 Å². The van der Waals surface area contributed by atoms with E-state index in [9.17, 15) is 4.79 Å². The van der Waals surface area contributed by atoms with Crippen molar-refractivity contribution in [2.24, 2.45) is 0 Å². The molecule has 0 aliphatic carbocycles. The highest BCUT2D eigenvalue weighted by molar-refractivity contribution is 5.94. The Morgan fingerprint density at radius 3 is 2.25 bits per heavy atom. The van der Waals surface area contributed by atoms with Crippen LogP contribution in [0.5, 0.6) is 0 Å². The molecular formula is C17H26N2O. The highest BCUT2D eigenvalue weighted by Gasteiger charge is 2.16. The fraction of sp³-hybridized carbons (Fsp3) is 0.588. The van der Waals surface area contributed by atoms with Gasteiger partial charge in [-0.15, -0.1) is 0 Å². The van der Waals surface area contributed by atoms with E-state index in [0.29, 0.717) is 0 Å². The van der Waals surface area contributed by atoms with Crippen molar-refractivity contribution in [1.82, 2.24) is 4.90 Å². The number of nitrogens with one attached hydrogen (secondary N) is 1. The van der Waals surface area contributed by atoms with Crippen molar-refractivity contribution in [1.29, 1.82) is 0 Å². The minimum atomic E-state index is 0.189. The van der Waals surface area contributed by atoms with Gasteiger partial charge in [0.1, 0.15) is 0 Å². The van der Waals surface area contributed by atoms with Crippen molar-refractivity contribution >= 4 is 11.6 Å². The number of carbonyl (C=O) groups is 1. The average molecular weight is 274 g/mol. The van der Waals surface area contributed by atoms with E-state index >= 15 is 0 Å². The van der Waals surface area contributed by atoms with E-state index in [1.807, 2.05) is 29.2 Å². The predicted octanol–water partition coefficient (Wildman–Crippen LogP) is 3.91. The average Bonchev–Trinajstić information content (AvgIpc) is 2.45. The van der Waals surface area contributed by atoms with Gasteiger partial charge in [-0.25, -0.2) is 0 Å². The fourth-order valence-electron chi connectivity index (χ4n) is 2.63. The molecule has 0 radical (unpaired) electrons. The molecular weight excluding hydrogens is 248 g/mol. The fourth-order valence-corrected chi connectivity index (χ4v) is 2.63. The van der Waals surface area contributed by atoms with E-state index in [0.717, 1.165) is 50.1 Å². The van der Waals surface area contributed by atoms with Crippen LogP contribution < -0.4 is 5.32 Å². The van der Waals surface area contributed by atoms with Crippen LogP contribution in [0.15, 0.2) is 24.3 Å². The highest BCUT2D eigenvalue weighted by atomic mass is 16.2. The van der Waals surface area contributed by atoms with Crippen molar-refractivity contribution in [3.63, 3.8) is 0 Å². The summed E-state index contributed by atoms with van der Waals surface area (Å²) in [6.07, 6.45) is 7.21. The lowest BCUT2D eigenvalue weighted by atomic mass is 10.1. The lowest BCUT2D eigenvalue weighted by molar-refractivity contribution is 0.0742. The molecule has 1 aromatic rings. The number of carbonyl (C=O) groups excluding carboxylic acids is 1. The maximum Gasteiger partial charge on any atom is 0.253 e. The van der Waals surface area contributed by atoms with Gasteiger partial charge in [0, 0.05) is 30.9 Å². The second-order valence-corrected chi connectivity index (χ2v) is 5.56. The van der Waals surface area contributed by atoms with Crippen LogP contribution in [0.4, 0.5) is 5.69 Å². The zero-order valence-electron chi connectivity index (χ0n) is 12.5. The molecule has 20 heavy (non-hydrogen) atoms. The number of anilines is 1. The third kappa shape index (κ3) is 4.26. The monoisotopic (exact) mass is 274 g/mol. The van der Waals surface area contributed by atoms with Gasteiger partial charge in [-0.3, -0.25) is 4.79 Å². The maximum atomic E-state index is 12.5. The first-order chi connectivity index (χ1) is 9.81. The first kappa shape index (κ1) is 14.9. The molecule has 1 heterocycles. The van der Waals surface area contributed by atoms with Crippen molar-refractivity contribution in [2.45, 2.75) is 45.4 Å². The minimum Gasteiger partial charge on any atom is -0.385 e. The standard InChI is InChI=1S/C17H26N2O/c1-2-12-18-16-10-8-15(9-11-16)17(20)19-13-6-4-3-5-7-14-19/h8-11,18H,2-7,12-14H2,1H3. The van der Waals surface area contributed by atoms with Crippen molar-refractivity contribution in [3.8, 4) is 0 Å². The highest BCUT2D eigenvalue weighted by Crippen LogP contribution is 2.15. The third-order valence-corrected chi connectivity index (χ3v) is 3.85. The molecule has 1 aromatic carbocycles. The van der Waals surface area contributed by atoms with Gasteiger partial charge in [-0.05, 0) is 43.5 Å². The first-order valence-corrected chi connectivity index (χ1v) is 7.94. The molecule has 0 atom stereocenters. The van der Waals surface area contributed by atoms with Gasteiger partial charge >= 0.3 is 0 Å². The molecule has 0 spiro atoms. The lowest BCUT2D eigenvalue weighted by Gasteiger charge is -2.25. The molecule has 3 heteroatoms. The van der Waals surface area contributed by atoms with Crippen LogP contribution in [-0.2, 0) is 0 Å². The number of benzene rings is 1. The van der Waals surface area contributed by atoms with Gasteiger partial charge in [0.25, 0.3) is 5.91 Å². The van der Waals surface area contributed by atoms with Gasteiger partial charge in [-0.2, -0.15) is 0 Å². The van der Waals surface area contributed by atoms with Crippen LogP contribution >= 0.6 is 0 Å². The Morgan fingerprint density at radius 2 is 1.65 bits per heavy atom. The molecule has 110 valence electrons. The quantitative estimate of drug-likeness (QED) is 0.902. The number of amides is 1. The molecule has 1 saturated heterocycles. The molecule has 0 bridgehead atoms. The summed E-state index contributed by atoms with van der Waals surface area (Å²) in [6, 6.07) is 7.90. The minimum absolute atomic E-state index is 0.189. The normalized spacial score (nSPS) is 16.4. The Bertz CT molecular complexity index is 406. The Kier molecular flexibility index (Phi) is 5.90. The summed E-state index contributed by atoms with van der Waals surface area (Å²) in [5, 5.41) is 3.33. The van der Waals surface area contributed by atoms with Crippen LogP contribution in [0.2, 0.25) is 0 Å². The van der Waals surface area contributed by atoms with E-state index in [1.54, 1.807) is 0 Å². The number of rotatable bonds is 4. The van der Waals surface area contributed by atoms with Crippen molar-refractivity contribution in [2.75, 3.05) is 25.0 Å². The van der Waals surface area contributed by atoms with Crippen LogP contribution in [0, 0.1) is 0 Å². The largest absolute Gasteiger partial charge is 0.385 e. The summed E-state index contributed by atoms with van der Waals surface area (Å²) in [4.78, 5) is 14.5. The van der Waals surface area contributed by atoms with E-state index in [4.69, 9.17) is 0 Å². The summed E-state index contributed by atoms with van der Waals surface area (Å²) in [5.74, 6) is 0.189. The molecule has 0 aromatic heterocycles. The number of hydrogen-bond acceptors (Lipinski definition) is 2. The smallest absolute Gasteiger partial charge is 0.253 e. The molecule has 1 N–H and O–H groups in total. The summed E-state index contributed by atoms with van der Waals surface area (Å²) >= 11 is 0. The van der Waals surface area contributed by atoms with Crippen molar-refractivity contribution < 1.29 is 4.79 Å². The molecule has 0 saturated carbocycles. The van der Waals surface area contributed by atoms with Gasteiger partial charge in [0.15, 0.2) is 0 Å². The number of hydrogen-bond donors (Lipinski definition) is 1. The molecule has 1 aliphatic heterocycles. The molecule has 0 unspecified atom stereocenters. The SMILES string of the molecule is CCCNc1ccc(C(=O)N2CCCCCCC2)cc1. The number of likely N-dealkylation sites (tertiary alicyclic amines) is 1. The van der Waals surface area contributed by atoms with Crippen molar-refractivity contribution in [3.05, 3.63) is 29.8 Å². The molecule has 2 rings (SSSR count). The summed E-state index contributed by atoms with van der Waals surface area (Å²) in [5.41, 5.74) is 1.91. The molecule has 1 amide bonds. The van der Waals surface area contributed by atoms with Crippen LogP contribution in [-0.4, -0.2) is 30.4 Å². The Morgan fingerprint density at radius 1 is 1.05 bits per heavy atom. The molecule has 3 nitrogen and oxygen atoms in total. The Balaban J connectivity index is 1.96. The lowest BCUT2D eigenvalue weighted by Crippen LogP contribution is -2.33. The third-order valence-electron chi connectivity index (χ3n) is 3.85. The predicted molar refractivity (Wildman–Crippen MR) is 84.2 cm³/mol. The van der Waals surface area contributed by atoms with E-state index < -0.39 is 0 Å². The maximum absolute atomic E-state index is 12.5. The van der Waals surface area contributed by atoms with Crippen LogP contribution in [0.1, 0.15) is 55.8 Å². The van der Waals surface area contributed by atoms with Gasteiger partial charge < -0.3 is 10.2 Å². The second kappa shape index (κ2) is 7.93. The Labute approximate surface area is 122 Å². The zero-order valence-corrected chi connectivity index (χ0v) is 12.5. The van der Waals surface area contributed by atoms with Crippen LogP contribution in [0.25, 0.3) is 0 Å². The van der Waals surface area contributed by atoms with E-state index in [2.05, 4.69) is 12.2 Å². The van der Waals surface area contributed by atoms with E-state index in [1.165, 1.54) is 19.3 Å². The summed E-state index contributed by atoms with van der Waals surface area (Å²) in [6.45, 7) is 4.94. The Hall–Kier alpha value is -1.51. The zero-order chi connectivity index (χ0) is 14.2. The van der Waals surface area contributed by atoms with Gasteiger partial charge in [0.2, 0.25) is 0 Å². The molecule has 1 fully saturated rings. The first-order valence-electron chi connectivity index (χ1n) is 7.94. The number of nitrogens with zero attached hydrogens (tertiary/aromatic N) is 1. The second-order valence-electron chi connectivity index (χ2n) is 5.56. The topological polar surface area (TPSA) is 32.3 Å². The van der Waals surface area contributed by atoms with Gasteiger partial charge in [-0.1, -0.05) is 26.2 Å². The van der Waals surface area contributed by atoms with E-state index in [-0.39, 0.29) is 5.91 Å². The summed E-state index contributed by atoms with van der Waals surface area (Å²) < 4.78 is 0. The summed E-state index contributed by atoms with van der Waals surface area (Å²) in [7, 11) is 0.